The average molecular weight is 403 g/mol. The van der Waals surface area contributed by atoms with Crippen molar-refractivity contribution in [2.75, 3.05) is 5.75 Å². The maximum atomic E-state index is 13.8. The van der Waals surface area contributed by atoms with Crippen LogP contribution in [0.2, 0.25) is 0 Å². The van der Waals surface area contributed by atoms with Crippen LogP contribution >= 0.6 is 11.8 Å². The van der Waals surface area contributed by atoms with E-state index in [0.717, 1.165) is 35.0 Å². The molecule has 0 spiro atoms. The predicted octanol–water partition coefficient (Wildman–Crippen LogP) is 4.60. The molecule has 0 saturated heterocycles. The Hall–Kier alpha value is -2.74. The molecule has 3 rings (SSSR count). The normalized spacial score (nSPS) is 12.0. The number of amides is 1. The minimum Gasteiger partial charge on any atom is -0.411 e. The third-order valence-electron chi connectivity index (χ3n) is 4.29. The second-order valence-corrected chi connectivity index (χ2v) is 7.34. The molecule has 1 N–H and O–H groups in total. The molecule has 1 atom stereocenters. The van der Waals surface area contributed by atoms with Gasteiger partial charge in [0.1, 0.15) is 11.6 Å². The molecule has 5 nitrogen and oxygen atoms in total. The quantitative estimate of drug-likeness (QED) is 0.609. The van der Waals surface area contributed by atoms with Crippen molar-refractivity contribution in [1.29, 1.82) is 0 Å². The first kappa shape index (κ1) is 20.0. The van der Waals surface area contributed by atoms with E-state index in [2.05, 4.69) is 15.5 Å². The third kappa shape index (κ3) is 4.75. The molecule has 2 aromatic carbocycles. The van der Waals surface area contributed by atoms with E-state index in [-0.39, 0.29) is 22.4 Å². The summed E-state index contributed by atoms with van der Waals surface area (Å²) in [5.74, 6) is -1.27. The largest absolute Gasteiger partial charge is 0.411 e. The molecule has 146 valence electrons. The van der Waals surface area contributed by atoms with Crippen molar-refractivity contribution in [3.8, 4) is 11.5 Å². The SMILES string of the molecule is Cc1ccc(-c2nnc(SCC(=O)N[C@H](C)c3ccc(F)cc3F)o2)cc1C. The number of nitrogens with zero attached hydrogens (tertiary/aromatic N) is 2. The monoisotopic (exact) mass is 403 g/mol. The molecular weight excluding hydrogens is 384 g/mol. The molecule has 0 radical (unpaired) electrons. The molecule has 1 heterocycles. The number of thioether (sulfide) groups is 1. The van der Waals surface area contributed by atoms with Gasteiger partial charge in [-0.2, -0.15) is 0 Å². The van der Waals surface area contributed by atoms with Gasteiger partial charge in [-0.05, 0) is 50.1 Å². The molecule has 0 aliphatic rings. The summed E-state index contributed by atoms with van der Waals surface area (Å²) in [5, 5.41) is 10.9. The van der Waals surface area contributed by atoms with Gasteiger partial charge in [0.15, 0.2) is 0 Å². The number of halogens is 2. The lowest BCUT2D eigenvalue weighted by molar-refractivity contribution is -0.119. The summed E-state index contributed by atoms with van der Waals surface area (Å²) in [6, 6.07) is 8.50. The number of carbonyl (C=O) groups is 1. The van der Waals surface area contributed by atoms with Crippen molar-refractivity contribution < 1.29 is 18.0 Å². The van der Waals surface area contributed by atoms with Gasteiger partial charge in [-0.25, -0.2) is 8.78 Å². The number of aromatic nitrogens is 2. The van der Waals surface area contributed by atoms with E-state index in [4.69, 9.17) is 4.42 Å². The number of nitrogens with one attached hydrogen (secondary N) is 1. The van der Waals surface area contributed by atoms with Crippen molar-refractivity contribution in [2.24, 2.45) is 0 Å². The van der Waals surface area contributed by atoms with Gasteiger partial charge < -0.3 is 9.73 Å². The fraction of sp³-hybridized carbons (Fsp3) is 0.250. The Labute approximate surface area is 165 Å². The summed E-state index contributed by atoms with van der Waals surface area (Å²) in [6.45, 7) is 5.65. The Balaban J connectivity index is 1.57. The van der Waals surface area contributed by atoms with E-state index >= 15 is 0 Å². The first-order valence-corrected chi connectivity index (χ1v) is 9.60. The molecule has 0 fully saturated rings. The van der Waals surface area contributed by atoms with Crippen LogP contribution in [0.5, 0.6) is 0 Å². The molecule has 8 heteroatoms. The van der Waals surface area contributed by atoms with Crippen LogP contribution < -0.4 is 5.32 Å². The smallest absolute Gasteiger partial charge is 0.277 e. The molecule has 0 aliphatic carbocycles. The van der Waals surface area contributed by atoms with E-state index in [1.165, 1.54) is 11.6 Å². The van der Waals surface area contributed by atoms with Crippen LogP contribution in [-0.2, 0) is 4.79 Å². The topological polar surface area (TPSA) is 68.0 Å². The lowest BCUT2D eigenvalue weighted by Gasteiger charge is -2.14. The van der Waals surface area contributed by atoms with Crippen LogP contribution in [0.3, 0.4) is 0 Å². The molecule has 28 heavy (non-hydrogen) atoms. The molecular formula is C20H19F2N3O2S. The number of hydrogen-bond donors (Lipinski definition) is 1. The lowest BCUT2D eigenvalue weighted by Crippen LogP contribution is -2.28. The molecule has 1 aromatic heterocycles. The van der Waals surface area contributed by atoms with Gasteiger partial charge in [0, 0.05) is 17.2 Å². The van der Waals surface area contributed by atoms with Gasteiger partial charge in [-0.15, -0.1) is 10.2 Å². The molecule has 1 amide bonds. The highest BCUT2D eigenvalue weighted by atomic mass is 32.2. The Morgan fingerprint density at radius 1 is 1.14 bits per heavy atom. The fourth-order valence-corrected chi connectivity index (χ4v) is 3.17. The van der Waals surface area contributed by atoms with Gasteiger partial charge in [0.25, 0.3) is 5.22 Å². The van der Waals surface area contributed by atoms with E-state index in [1.54, 1.807) is 6.92 Å². The number of rotatable bonds is 6. The van der Waals surface area contributed by atoms with Crippen LogP contribution in [0, 0.1) is 25.5 Å². The van der Waals surface area contributed by atoms with Crippen molar-refractivity contribution >= 4 is 17.7 Å². The third-order valence-corrected chi connectivity index (χ3v) is 5.11. The Morgan fingerprint density at radius 2 is 1.93 bits per heavy atom. The van der Waals surface area contributed by atoms with Crippen LogP contribution in [0.4, 0.5) is 8.78 Å². The lowest BCUT2D eigenvalue weighted by atomic mass is 10.1. The second-order valence-electron chi connectivity index (χ2n) is 6.42. The zero-order valence-electron chi connectivity index (χ0n) is 15.6. The highest BCUT2D eigenvalue weighted by molar-refractivity contribution is 7.99. The number of carbonyl (C=O) groups excluding carboxylic acids is 1. The van der Waals surface area contributed by atoms with Crippen molar-refractivity contribution in [1.82, 2.24) is 15.5 Å². The van der Waals surface area contributed by atoms with Gasteiger partial charge in [0.05, 0.1) is 11.8 Å². The standard InChI is InChI=1S/C20H19F2N3O2S/c1-11-4-5-14(8-12(11)2)19-24-25-20(27-19)28-10-18(26)23-13(3)16-7-6-15(21)9-17(16)22/h4-9,13H,10H2,1-3H3,(H,23,26)/t13-/m1/s1. The van der Waals surface area contributed by atoms with Crippen LogP contribution in [0.15, 0.2) is 46.0 Å². The molecule has 3 aromatic rings. The van der Waals surface area contributed by atoms with Crippen molar-refractivity contribution in [2.45, 2.75) is 32.0 Å². The van der Waals surface area contributed by atoms with Crippen LogP contribution in [0.1, 0.15) is 29.7 Å². The van der Waals surface area contributed by atoms with Crippen molar-refractivity contribution in [3.63, 3.8) is 0 Å². The number of aryl methyl sites for hydroxylation is 2. The second kappa shape index (κ2) is 8.52. The van der Waals surface area contributed by atoms with E-state index in [1.807, 2.05) is 32.0 Å². The minimum absolute atomic E-state index is 0.0295. The molecule has 0 bridgehead atoms. The predicted molar refractivity (Wildman–Crippen MR) is 103 cm³/mol. The van der Waals surface area contributed by atoms with E-state index < -0.39 is 17.7 Å². The van der Waals surface area contributed by atoms with Crippen molar-refractivity contribution in [3.05, 3.63) is 64.7 Å². The van der Waals surface area contributed by atoms with Crippen LogP contribution in [0.25, 0.3) is 11.5 Å². The molecule has 0 saturated carbocycles. The van der Waals surface area contributed by atoms with Gasteiger partial charge in [0.2, 0.25) is 11.8 Å². The van der Waals surface area contributed by atoms with Crippen LogP contribution in [-0.4, -0.2) is 21.9 Å². The molecule has 0 aliphatic heterocycles. The maximum absolute atomic E-state index is 13.8. The summed E-state index contributed by atoms with van der Waals surface area (Å²) in [6.07, 6.45) is 0. The summed E-state index contributed by atoms with van der Waals surface area (Å²) in [7, 11) is 0. The highest BCUT2D eigenvalue weighted by Gasteiger charge is 2.16. The average Bonchev–Trinajstić information content (AvgIpc) is 3.11. The summed E-state index contributed by atoms with van der Waals surface area (Å²) >= 11 is 1.09. The summed E-state index contributed by atoms with van der Waals surface area (Å²) in [5.41, 5.74) is 3.31. The first-order valence-electron chi connectivity index (χ1n) is 8.61. The minimum atomic E-state index is -0.699. The van der Waals surface area contributed by atoms with E-state index in [0.29, 0.717) is 5.89 Å². The first-order chi connectivity index (χ1) is 13.3. The Bertz CT molecular complexity index is 1010. The van der Waals surface area contributed by atoms with Gasteiger partial charge in [-0.1, -0.05) is 23.9 Å². The fourth-order valence-electron chi connectivity index (χ4n) is 2.60. The summed E-state index contributed by atoms with van der Waals surface area (Å²) in [4.78, 5) is 12.1. The highest BCUT2D eigenvalue weighted by Crippen LogP contribution is 2.25. The Kier molecular flexibility index (Phi) is 6.08. The molecule has 0 unspecified atom stereocenters. The zero-order chi connectivity index (χ0) is 20.3. The zero-order valence-corrected chi connectivity index (χ0v) is 16.4. The van der Waals surface area contributed by atoms with E-state index in [9.17, 15) is 13.6 Å². The summed E-state index contributed by atoms with van der Waals surface area (Å²) < 4.78 is 32.4. The van der Waals surface area contributed by atoms with Gasteiger partial charge >= 0.3 is 0 Å². The number of benzene rings is 2. The maximum Gasteiger partial charge on any atom is 0.277 e. The number of hydrogen-bond acceptors (Lipinski definition) is 5. The Morgan fingerprint density at radius 3 is 2.64 bits per heavy atom. The van der Waals surface area contributed by atoms with Gasteiger partial charge in [-0.3, -0.25) is 4.79 Å².